The number of alkyl halides is 3. The molecule has 0 radical (unpaired) electrons. The Balaban J connectivity index is 0.00000264. The molecule has 0 unspecified atom stereocenters. The maximum Gasteiger partial charge on any atom is 0.573 e. The largest absolute Gasteiger partial charge is 0.573 e. The molecule has 4 nitrogen and oxygen atoms in total. The molecule has 1 saturated heterocycles. The van der Waals surface area contributed by atoms with Crippen molar-refractivity contribution >= 4 is 18.3 Å². The lowest BCUT2D eigenvalue weighted by Gasteiger charge is -2.21. The van der Waals surface area contributed by atoms with Crippen molar-refractivity contribution in [1.29, 1.82) is 0 Å². The van der Waals surface area contributed by atoms with E-state index >= 15 is 0 Å². The number of hydrogen-bond acceptors (Lipinski definition) is 3. The number of para-hydroxylation sites is 1. The smallest absolute Gasteiger partial charge is 0.406 e. The monoisotopic (exact) mass is 352 g/mol. The number of benzene rings is 1. The molecule has 130 valence electrons. The van der Waals surface area contributed by atoms with Gasteiger partial charge in [0.25, 0.3) is 0 Å². The molecule has 1 aliphatic rings. The third-order valence-electron chi connectivity index (χ3n) is 3.60. The first-order valence-corrected chi connectivity index (χ1v) is 7.28. The molecule has 8 heteroatoms. The normalized spacial score (nSPS) is 15.6. The van der Waals surface area contributed by atoms with Crippen molar-refractivity contribution in [3.63, 3.8) is 0 Å². The maximum atomic E-state index is 12.3. The number of amides is 1. The predicted octanol–water partition coefficient (Wildman–Crippen LogP) is 2.67. The van der Waals surface area contributed by atoms with Gasteiger partial charge in [0, 0.05) is 12.5 Å². The molecular formula is C15H20ClF3N2O2. The molecule has 2 rings (SSSR count). The lowest BCUT2D eigenvalue weighted by Crippen LogP contribution is -2.38. The van der Waals surface area contributed by atoms with Gasteiger partial charge < -0.3 is 15.4 Å². The summed E-state index contributed by atoms with van der Waals surface area (Å²) >= 11 is 0. The van der Waals surface area contributed by atoms with E-state index in [4.69, 9.17) is 0 Å². The van der Waals surface area contributed by atoms with Crippen LogP contribution in [0.3, 0.4) is 0 Å². The zero-order valence-corrected chi connectivity index (χ0v) is 13.3. The third-order valence-corrected chi connectivity index (χ3v) is 3.60. The van der Waals surface area contributed by atoms with Crippen LogP contribution in [-0.2, 0) is 11.2 Å². The molecule has 1 aromatic rings. The highest BCUT2D eigenvalue weighted by atomic mass is 35.5. The molecule has 23 heavy (non-hydrogen) atoms. The SMILES string of the molecule is Cl.O=C(NCCc1ccccc1OC(F)(F)F)C1CCNCC1. The minimum atomic E-state index is -4.71. The van der Waals surface area contributed by atoms with Crippen molar-refractivity contribution in [3.8, 4) is 5.75 Å². The molecule has 0 bridgehead atoms. The van der Waals surface area contributed by atoms with Crippen molar-refractivity contribution < 1.29 is 22.7 Å². The van der Waals surface area contributed by atoms with Gasteiger partial charge in [-0.15, -0.1) is 25.6 Å². The number of carbonyl (C=O) groups is 1. The summed E-state index contributed by atoms with van der Waals surface area (Å²) in [6.07, 6.45) is -2.84. The van der Waals surface area contributed by atoms with Crippen molar-refractivity contribution in [2.45, 2.75) is 25.6 Å². The molecule has 0 aliphatic carbocycles. The molecule has 0 aromatic heterocycles. The Morgan fingerprint density at radius 2 is 1.91 bits per heavy atom. The van der Waals surface area contributed by atoms with Gasteiger partial charge in [-0.05, 0) is 44.0 Å². The Labute approximate surface area is 139 Å². The highest BCUT2D eigenvalue weighted by molar-refractivity contribution is 5.85. The van der Waals surface area contributed by atoms with Crippen LogP contribution < -0.4 is 15.4 Å². The lowest BCUT2D eigenvalue weighted by molar-refractivity contribution is -0.274. The molecule has 1 fully saturated rings. The van der Waals surface area contributed by atoms with E-state index in [1.165, 1.54) is 12.1 Å². The fraction of sp³-hybridized carbons (Fsp3) is 0.533. The van der Waals surface area contributed by atoms with Crippen LogP contribution in [0, 0.1) is 5.92 Å². The lowest BCUT2D eigenvalue weighted by atomic mass is 9.97. The minimum Gasteiger partial charge on any atom is -0.406 e. The van der Waals surface area contributed by atoms with Crippen molar-refractivity contribution in [3.05, 3.63) is 29.8 Å². The Kier molecular flexibility index (Phi) is 7.64. The second-order valence-corrected chi connectivity index (χ2v) is 5.22. The van der Waals surface area contributed by atoms with Gasteiger partial charge >= 0.3 is 6.36 Å². The summed E-state index contributed by atoms with van der Waals surface area (Å²) in [5, 5.41) is 5.97. The highest BCUT2D eigenvalue weighted by Crippen LogP contribution is 2.26. The topological polar surface area (TPSA) is 50.4 Å². The maximum absolute atomic E-state index is 12.3. The van der Waals surface area contributed by atoms with Gasteiger partial charge in [-0.1, -0.05) is 18.2 Å². The average molecular weight is 353 g/mol. The highest BCUT2D eigenvalue weighted by Gasteiger charge is 2.31. The second kappa shape index (κ2) is 8.98. The summed E-state index contributed by atoms with van der Waals surface area (Å²) in [5.41, 5.74) is 0.422. The Bertz CT molecular complexity index is 506. The molecule has 1 aliphatic heterocycles. The van der Waals surface area contributed by atoms with E-state index in [2.05, 4.69) is 15.4 Å². The van der Waals surface area contributed by atoms with E-state index in [9.17, 15) is 18.0 Å². The fourth-order valence-corrected chi connectivity index (χ4v) is 2.48. The fourth-order valence-electron chi connectivity index (χ4n) is 2.48. The van der Waals surface area contributed by atoms with Crippen molar-refractivity contribution in [1.82, 2.24) is 10.6 Å². The van der Waals surface area contributed by atoms with Crippen LogP contribution in [0.5, 0.6) is 5.75 Å². The van der Waals surface area contributed by atoms with Gasteiger partial charge in [0.05, 0.1) is 0 Å². The summed E-state index contributed by atoms with van der Waals surface area (Å²) in [4.78, 5) is 12.0. The molecule has 2 N–H and O–H groups in total. The summed E-state index contributed by atoms with van der Waals surface area (Å²) < 4.78 is 40.9. The average Bonchev–Trinajstić information content (AvgIpc) is 2.48. The molecule has 1 aromatic carbocycles. The van der Waals surface area contributed by atoms with Crippen molar-refractivity contribution in [2.24, 2.45) is 5.92 Å². The Hall–Kier alpha value is -1.47. The van der Waals surface area contributed by atoms with Gasteiger partial charge in [0.2, 0.25) is 5.91 Å². The first-order chi connectivity index (χ1) is 10.5. The van der Waals surface area contributed by atoms with E-state index in [0.29, 0.717) is 18.5 Å². The van der Waals surface area contributed by atoms with Crippen LogP contribution in [-0.4, -0.2) is 31.9 Å². The van der Waals surface area contributed by atoms with E-state index in [-0.39, 0.29) is 30.0 Å². The standard InChI is InChI=1S/C15H19F3N2O2.ClH/c16-15(17,18)22-13-4-2-1-3-11(13)7-10-20-14(21)12-5-8-19-9-6-12;/h1-4,12,19H,5-10H2,(H,20,21);1H. The van der Waals surface area contributed by atoms with Gasteiger partial charge in [0.1, 0.15) is 5.75 Å². The number of nitrogens with one attached hydrogen (secondary N) is 2. The molecule has 1 amide bonds. The summed E-state index contributed by atoms with van der Waals surface area (Å²) in [6, 6.07) is 5.97. The van der Waals surface area contributed by atoms with Crippen LogP contribution in [0.25, 0.3) is 0 Å². The third kappa shape index (κ3) is 6.66. The molecule has 0 atom stereocenters. The summed E-state index contributed by atoms with van der Waals surface area (Å²) in [6.45, 7) is 1.93. The van der Waals surface area contributed by atoms with Gasteiger partial charge in [-0.3, -0.25) is 4.79 Å². The number of ether oxygens (including phenoxy) is 1. The van der Waals surface area contributed by atoms with Gasteiger partial charge in [0.15, 0.2) is 0 Å². The zero-order valence-electron chi connectivity index (χ0n) is 12.5. The number of piperidine rings is 1. The first-order valence-electron chi connectivity index (χ1n) is 7.28. The summed E-state index contributed by atoms with van der Waals surface area (Å²) in [5.74, 6) is -0.259. The van der Waals surface area contributed by atoms with E-state index in [1.54, 1.807) is 12.1 Å². The van der Waals surface area contributed by atoms with E-state index in [1.807, 2.05) is 0 Å². The summed E-state index contributed by atoms with van der Waals surface area (Å²) in [7, 11) is 0. The molecule has 0 spiro atoms. The Morgan fingerprint density at radius 3 is 2.57 bits per heavy atom. The quantitative estimate of drug-likeness (QED) is 0.856. The zero-order chi connectivity index (χ0) is 16.0. The number of carbonyl (C=O) groups excluding carboxylic acids is 1. The van der Waals surface area contributed by atoms with Crippen LogP contribution in [0.4, 0.5) is 13.2 Å². The van der Waals surface area contributed by atoms with Crippen molar-refractivity contribution in [2.75, 3.05) is 19.6 Å². The molecular weight excluding hydrogens is 333 g/mol. The first kappa shape index (κ1) is 19.6. The minimum absolute atomic E-state index is 0. The van der Waals surface area contributed by atoms with Crippen LogP contribution >= 0.6 is 12.4 Å². The van der Waals surface area contributed by atoms with E-state index in [0.717, 1.165) is 25.9 Å². The molecule has 0 saturated carbocycles. The number of hydrogen-bond donors (Lipinski definition) is 2. The van der Waals surface area contributed by atoms with Gasteiger partial charge in [-0.25, -0.2) is 0 Å². The van der Waals surface area contributed by atoms with Crippen LogP contribution in [0.15, 0.2) is 24.3 Å². The number of rotatable bonds is 5. The second-order valence-electron chi connectivity index (χ2n) is 5.22. The van der Waals surface area contributed by atoms with Gasteiger partial charge in [-0.2, -0.15) is 0 Å². The van der Waals surface area contributed by atoms with Crippen LogP contribution in [0.1, 0.15) is 18.4 Å². The van der Waals surface area contributed by atoms with E-state index < -0.39 is 6.36 Å². The Morgan fingerprint density at radius 1 is 1.26 bits per heavy atom. The number of halogens is 4. The molecule has 1 heterocycles. The predicted molar refractivity (Wildman–Crippen MR) is 82.7 cm³/mol. The van der Waals surface area contributed by atoms with Crippen LogP contribution in [0.2, 0.25) is 0 Å².